The maximum absolute atomic E-state index is 12.5. The van der Waals surface area contributed by atoms with Crippen molar-refractivity contribution >= 4 is 23.0 Å². The number of rotatable bonds is 3. The molecule has 0 unspecified atom stereocenters. The van der Waals surface area contributed by atoms with Gasteiger partial charge in [0.2, 0.25) is 0 Å². The minimum Gasteiger partial charge on any atom is -0.507 e. The zero-order valence-electron chi connectivity index (χ0n) is 14.6. The highest BCUT2D eigenvalue weighted by Gasteiger charge is 2.19. The van der Waals surface area contributed by atoms with Gasteiger partial charge in [0.05, 0.1) is 18.8 Å². The van der Waals surface area contributed by atoms with Crippen molar-refractivity contribution in [1.82, 2.24) is 9.88 Å². The van der Waals surface area contributed by atoms with Crippen LogP contribution < -0.4 is 0 Å². The number of carbonyl (C=O) groups excluding carboxylic acids is 2. The molecule has 3 aromatic rings. The smallest absolute Gasteiger partial charge is 0.272 e. The number of nitrogens with zero attached hydrogens (tertiary/aromatic N) is 2. The Morgan fingerprint density at radius 1 is 1.07 bits per heavy atom. The Kier molecular flexibility index (Phi) is 4.56. The van der Waals surface area contributed by atoms with Gasteiger partial charge in [-0.25, -0.2) is 0 Å². The van der Waals surface area contributed by atoms with Gasteiger partial charge in [0.15, 0.2) is 6.29 Å². The van der Waals surface area contributed by atoms with Gasteiger partial charge in [0, 0.05) is 24.8 Å². The number of aromatic hydroxyl groups is 1. The summed E-state index contributed by atoms with van der Waals surface area (Å²) in [6.45, 7) is 2.27. The molecule has 6 heteroatoms. The highest BCUT2D eigenvalue weighted by atomic mass is 16.5. The van der Waals surface area contributed by atoms with Crippen molar-refractivity contribution in [2.45, 2.75) is 0 Å². The Bertz CT molecular complexity index is 1010. The van der Waals surface area contributed by atoms with Crippen molar-refractivity contribution in [2.24, 2.45) is 0 Å². The van der Waals surface area contributed by atoms with E-state index in [1.165, 1.54) is 6.07 Å². The number of aromatic nitrogens is 1. The van der Waals surface area contributed by atoms with Gasteiger partial charge in [-0.05, 0) is 34.5 Å². The standard InChI is InChI=1S/C21H18N2O4/c24-13-18-17-4-1-14(11-15(17)3-6-20(18)25)16-2-5-19(22-12-16)21(26)23-7-9-27-10-8-23/h1-6,11-13,25H,7-10H2. The molecule has 1 aromatic heterocycles. The maximum Gasteiger partial charge on any atom is 0.272 e. The number of hydrogen-bond acceptors (Lipinski definition) is 5. The molecule has 0 radical (unpaired) electrons. The number of morpholine rings is 1. The topological polar surface area (TPSA) is 79.7 Å². The number of carbonyl (C=O) groups is 2. The largest absolute Gasteiger partial charge is 0.507 e. The average molecular weight is 362 g/mol. The molecule has 0 aliphatic carbocycles. The summed E-state index contributed by atoms with van der Waals surface area (Å²) in [7, 11) is 0. The fraction of sp³-hybridized carbons (Fsp3) is 0.190. The van der Waals surface area contributed by atoms with Crippen LogP contribution in [0.15, 0.2) is 48.7 Å². The fourth-order valence-corrected chi connectivity index (χ4v) is 3.27. The van der Waals surface area contributed by atoms with Crippen molar-refractivity contribution in [1.29, 1.82) is 0 Å². The Balaban J connectivity index is 1.63. The Hall–Kier alpha value is -3.25. The molecular formula is C21H18N2O4. The van der Waals surface area contributed by atoms with Crippen LogP contribution in [0, 0.1) is 0 Å². The first-order valence-corrected chi connectivity index (χ1v) is 8.72. The first kappa shape index (κ1) is 17.2. The zero-order valence-corrected chi connectivity index (χ0v) is 14.6. The van der Waals surface area contributed by atoms with Crippen LogP contribution in [-0.2, 0) is 4.74 Å². The number of amides is 1. The SMILES string of the molecule is O=Cc1c(O)ccc2cc(-c3ccc(C(=O)N4CCOCC4)nc3)ccc12. The molecule has 2 aromatic carbocycles. The van der Waals surface area contributed by atoms with Crippen molar-refractivity contribution in [2.75, 3.05) is 26.3 Å². The van der Waals surface area contributed by atoms with Gasteiger partial charge in [-0.2, -0.15) is 0 Å². The van der Waals surface area contributed by atoms with Crippen LogP contribution in [0.2, 0.25) is 0 Å². The molecule has 1 N–H and O–H groups in total. The van der Waals surface area contributed by atoms with Crippen LogP contribution in [0.3, 0.4) is 0 Å². The van der Waals surface area contributed by atoms with Crippen molar-refractivity contribution in [3.63, 3.8) is 0 Å². The third kappa shape index (κ3) is 3.27. The minimum atomic E-state index is -0.0885. The van der Waals surface area contributed by atoms with Crippen molar-refractivity contribution in [3.05, 3.63) is 59.9 Å². The molecule has 136 valence electrons. The van der Waals surface area contributed by atoms with E-state index < -0.39 is 0 Å². The summed E-state index contributed by atoms with van der Waals surface area (Å²) >= 11 is 0. The number of aldehydes is 1. The Labute approximate surface area is 156 Å². The van der Waals surface area contributed by atoms with Crippen molar-refractivity contribution < 1.29 is 19.4 Å². The Morgan fingerprint density at radius 3 is 2.56 bits per heavy atom. The molecule has 0 atom stereocenters. The highest BCUT2D eigenvalue weighted by molar-refractivity contribution is 6.02. The molecule has 0 saturated carbocycles. The van der Waals surface area contributed by atoms with E-state index in [1.54, 1.807) is 29.3 Å². The molecule has 0 spiro atoms. The highest BCUT2D eigenvalue weighted by Crippen LogP contribution is 2.29. The predicted molar refractivity (Wildman–Crippen MR) is 101 cm³/mol. The van der Waals surface area contributed by atoms with Crippen LogP contribution in [0.25, 0.3) is 21.9 Å². The number of phenols is 1. The van der Waals surface area contributed by atoms with Gasteiger partial charge in [-0.3, -0.25) is 14.6 Å². The lowest BCUT2D eigenvalue weighted by Crippen LogP contribution is -2.41. The van der Waals surface area contributed by atoms with E-state index in [4.69, 9.17) is 4.74 Å². The van der Waals surface area contributed by atoms with Gasteiger partial charge in [-0.1, -0.05) is 24.3 Å². The van der Waals surface area contributed by atoms with Crippen molar-refractivity contribution in [3.8, 4) is 16.9 Å². The van der Waals surface area contributed by atoms with Gasteiger partial charge in [0.1, 0.15) is 11.4 Å². The molecule has 6 nitrogen and oxygen atoms in total. The van der Waals surface area contributed by atoms with Gasteiger partial charge < -0.3 is 14.7 Å². The van der Waals surface area contributed by atoms with Crippen LogP contribution >= 0.6 is 0 Å². The maximum atomic E-state index is 12.5. The number of ether oxygens (including phenoxy) is 1. The third-order valence-electron chi connectivity index (χ3n) is 4.77. The molecule has 4 rings (SSSR count). The molecular weight excluding hydrogens is 344 g/mol. The van der Waals surface area contributed by atoms with Crippen LogP contribution in [0.1, 0.15) is 20.8 Å². The lowest BCUT2D eigenvalue weighted by molar-refractivity contribution is 0.0299. The summed E-state index contributed by atoms with van der Waals surface area (Å²) in [6.07, 6.45) is 2.33. The summed E-state index contributed by atoms with van der Waals surface area (Å²) in [5, 5.41) is 11.3. The molecule has 27 heavy (non-hydrogen) atoms. The third-order valence-corrected chi connectivity index (χ3v) is 4.77. The van der Waals surface area contributed by atoms with Gasteiger partial charge >= 0.3 is 0 Å². The first-order chi connectivity index (χ1) is 13.2. The van der Waals surface area contributed by atoms with Crippen LogP contribution in [0.5, 0.6) is 5.75 Å². The first-order valence-electron chi connectivity index (χ1n) is 8.72. The van der Waals surface area contributed by atoms with E-state index in [1.807, 2.05) is 18.2 Å². The second kappa shape index (κ2) is 7.17. The quantitative estimate of drug-likeness (QED) is 0.725. The summed E-state index contributed by atoms with van der Waals surface area (Å²) in [4.78, 5) is 29.8. The molecule has 2 heterocycles. The lowest BCUT2D eigenvalue weighted by Gasteiger charge is -2.26. The lowest BCUT2D eigenvalue weighted by atomic mass is 9.99. The number of phenolic OH excluding ortho intramolecular Hbond substituents is 1. The predicted octanol–water partition coefficient (Wildman–Crippen LogP) is 2.89. The second-order valence-electron chi connectivity index (χ2n) is 6.39. The monoisotopic (exact) mass is 362 g/mol. The normalized spacial score (nSPS) is 14.3. The molecule has 1 fully saturated rings. The van der Waals surface area contributed by atoms with E-state index >= 15 is 0 Å². The molecule has 1 aliphatic heterocycles. The zero-order chi connectivity index (χ0) is 18.8. The number of fused-ring (bicyclic) bond motifs is 1. The summed E-state index contributed by atoms with van der Waals surface area (Å²) < 4.78 is 5.27. The molecule has 1 aliphatic rings. The number of pyridine rings is 1. The molecule has 1 amide bonds. The van der Waals surface area contributed by atoms with E-state index in [0.717, 1.165) is 16.5 Å². The van der Waals surface area contributed by atoms with E-state index in [9.17, 15) is 14.7 Å². The molecule has 1 saturated heterocycles. The second-order valence-corrected chi connectivity index (χ2v) is 6.39. The van der Waals surface area contributed by atoms with Crippen LogP contribution in [0.4, 0.5) is 0 Å². The summed E-state index contributed by atoms with van der Waals surface area (Å²) in [5.74, 6) is -0.118. The van der Waals surface area contributed by atoms with Crippen LogP contribution in [-0.4, -0.2) is 53.5 Å². The number of benzene rings is 2. The Morgan fingerprint density at radius 2 is 1.85 bits per heavy atom. The van der Waals surface area contributed by atoms with Gasteiger partial charge in [0.25, 0.3) is 5.91 Å². The summed E-state index contributed by atoms with van der Waals surface area (Å²) in [5.41, 5.74) is 2.48. The van der Waals surface area contributed by atoms with E-state index in [0.29, 0.717) is 43.7 Å². The molecule has 0 bridgehead atoms. The number of hydrogen-bond donors (Lipinski definition) is 1. The minimum absolute atomic E-state index is 0.0297. The fourth-order valence-electron chi connectivity index (χ4n) is 3.27. The summed E-state index contributed by atoms with van der Waals surface area (Å²) in [6, 6.07) is 12.5. The van der Waals surface area contributed by atoms with E-state index in [2.05, 4.69) is 4.98 Å². The van der Waals surface area contributed by atoms with E-state index in [-0.39, 0.29) is 17.2 Å². The van der Waals surface area contributed by atoms with Gasteiger partial charge in [-0.15, -0.1) is 0 Å². The average Bonchev–Trinajstić information content (AvgIpc) is 2.73.